The Hall–Kier alpha value is -2.56. The van der Waals surface area contributed by atoms with Crippen LogP contribution in [0.25, 0.3) is 11.0 Å². The number of aryl methyl sites for hydroxylation is 1. The number of anilines is 1. The highest BCUT2D eigenvalue weighted by Gasteiger charge is 2.21. The largest absolute Gasteiger partial charge is 0.384 e. The number of nitrogens with two attached hydrogens (primary N) is 1. The van der Waals surface area contributed by atoms with Crippen LogP contribution in [0.1, 0.15) is 23.7 Å². The van der Waals surface area contributed by atoms with E-state index in [1.807, 2.05) is 17.6 Å². The second kappa shape index (κ2) is 9.50. The van der Waals surface area contributed by atoms with Gasteiger partial charge in [0.25, 0.3) is 5.56 Å². The number of ether oxygens (including phenoxy) is 1. The van der Waals surface area contributed by atoms with Crippen LogP contribution >= 0.6 is 23.4 Å². The molecule has 0 amide bonds. The predicted molar refractivity (Wildman–Crippen MR) is 118 cm³/mol. The lowest BCUT2D eigenvalue weighted by molar-refractivity contribution is 0.102. The number of thioether (sulfide) groups is 1. The molecule has 3 aromatic rings. The second-order valence-corrected chi connectivity index (χ2v) is 7.93. The molecule has 3 rings (SSSR count). The summed E-state index contributed by atoms with van der Waals surface area (Å²) in [5.74, 6) is -0.713. The van der Waals surface area contributed by atoms with Gasteiger partial charge < -0.3 is 15.0 Å². The summed E-state index contributed by atoms with van der Waals surface area (Å²) in [5.41, 5.74) is 5.91. The molecule has 0 radical (unpaired) electrons. The number of nitrogens with zero attached hydrogens (tertiary/aromatic N) is 3. The Morgan fingerprint density at radius 2 is 2.07 bits per heavy atom. The van der Waals surface area contributed by atoms with E-state index in [9.17, 15) is 14.4 Å². The standard InChI is InChI=1S/C19H22ClN5O4S/c1-3-6-24-13-5-4-11(20)9-12(13)22-19(24)30-10-14(26)15-16(21)25(7-8-29-2)18(28)23-17(15)27/h4-5,9H,3,6-8,10,21H2,1-2H3,(H,23,27,28). The minimum atomic E-state index is -0.800. The third-order valence-corrected chi connectivity index (χ3v) is 5.70. The molecule has 11 heteroatoms. The van der Waals surface area contributed by atoms with Crippen molar-refractivity contribution >= 4 is 46.0 Å². The van der Waals surface area contributed by atoms with Crippen molar-refractivity contribution in [2.45, 2.75) is 31.6 Å². The molecule has 2 heterocycles. The lowest BCUT2D eigenvalue weighted by Crippen LogP contribution is -2.37. The minimum Gasteiger partial charge on any atom is -0.384 e. The van der Waals surface area contributed by atoms with Gasteiger partial charge in [0.15, 0.2) is 10.9 Å². The number of aromatic amines is 1. The monoisotopic (exact) mass is 451 g/mol. The summed E-state index contributed by atoms with van der Waals surface area (Å²) >= 11 is 7.27. The first-order valence-corrected chi connectivity index (χ1v) is 10.7. The highest BCUT2D eigenvalue weighted by Crippen LogP contribution is 2.27. The van der Waals surface area contributed by atoms with Crippen LogP contribution in [-0.4, -0.2) is 44.4 Å². The average molecular weight is 452 g/mol. The van der Waals surface area contributed by atoms with Crippen molar-refractivity contribution in [2.75, 3.05) is 25.2 Å². The fourth-order valence-corrected chi connectivity index (χ4v) is 4.17. The number of carbonyl (C=O) groups is 1. The number of halogens is 1. The average Bonchev–Trinajstić information content (AvgIpc) is 3.02. The number of methoxy groups -OCH3 is 1. The molecule has 0 saturated carbocycles. The van der Waals surface area contributed by atoms with Crippen LogP contribution in [0.2, 0.25) is 5.02 Å². The summed E-state index contributed by atoms with van der Waals surface area (Å²) < 4.78 is 8.08. The number of hydrogen-bond acceptors (Lipinski definition) is 7. The number of aromatic nitrogens is 4. The molecule has 9 nitrogen and oxygen atoms in total. The quantitative estimate of drug-likeness (QED) is 0.377. The van der Waals surface area contributed by atoms with Crippen LogP contribution < -0.4 is 17.0 Å². The summed E-state index contributed by atoms with van der Waals surface area (Å²) in [4.78, 5) is 43.8. The van der Waals surface area contributed by atoms with Gasteiger partial charge in [0.05, 0.1) is 29.9 Å². The highest BCUT2D eigenvalue weighted by molar-refractivity contribution is 7.99. The van der Waals surface area contributed by atoms with Gasteiger partial charge in [-0.2, -0.15) is 0 Å². The maximum Gasteiger partial charge on any atom is 0.330 e. The third kappa shape index (κ3) is 4.45. The molecule has 30 heavy (non-hydrogen) atoms. The Balaban J connectivity index is 1.90. The number of benzene rings is 1. The number of ketones is 1. The number of carbonyl (C=O) groups excluding carboxylic acids is 1. The summed E-state index contributed by atoms with van der Waals surface area (Å²) in [6.45, 7) is 3.10. The second-order valence-electron chi connectivity index (χ2n) is 6.55. The van der Waals surface area contributed by atoms with Gasteiger partial charge in [-0.15, -0.1) is 0 Å². The Labute approximate surface area is 181 Å². The van der Waals surface area contributed by atoms with Crippen LogP contribution in [0.15, 0.2) is 32.9 Å². The lowest BCUT2D eigenvalue weighted by atomic mass is 10.2. The molecule has 0 aliphatic rings. The molecule has 0 fully saturated rings. The molecule has 0 atom stereocenters. The maximum absolute atomic E-state index is 12.8. The molecule has 0 aliphatic heterocycles. The van der Waals surface area contributed by atoms with E-state index in [0.717, 1.165) is 28.6 Å². The van der Waals surface area contributed by atoms with Crippen molar-refractivity contribution in [3.8, 4) is 0 Å². The first-order chi connectivity index (χ1) is 14.4. The van der Waals surface area contributed by atoms with Crippen molar-refractivity contribution < 1.29 is 9.53 Å². The zero-order valence-corrected chi connectivity index (χ0v) is 18.2. The van der Waals surface area contributed by atoms with Crippen molar-refractivity contribution in [3.63, 3.8) is 0 Å². The summed E-state index contributed by atoms with van der Waals surface area (Å²) in [6, 6.07) is 5.45. The highest BCUT2D eigenvalue weighted by atomic mass is 35.5. The van der Waals surface area contributed by atoms with E-state index in [4.69, 9.17) is 22.1 Å². The summed E-state index contributed by atoms with van der Waals surface area (Å²) in [6.07, 6.45) is 0.882. The Kier molecular flexibility index (Phi) is 7.01. The minimum absolute atomic E-state index is 0.0590. The molecular weight excluding hydrogens is 430 g/mol. The van der Waals surface area contributed by atoms with Gasteiger partial charge in [-0.1, -0.05) is 30.3 Å². The molecule has 3 N–H and O–H groups in total. The van der Waals surface area contributed by atoms with Gasteiger partial charge in [0.1, 0.15) is 11.4 Å². The zero-order chi connectivity index (χ0) is 21.8. The topological polar surface area (TPSA) is 125 Å². The van der Waals surface area contributed by atoms with E-state index < -0.39 is 17.0 Å². The van der Waals surface area contributed by atoms with E-state index in [-0.39, 0.29) is 30.3 Å². The SMILES string of the molecule is CCCn1c(SCC(=O)c2c(N)n(CCOC)c(=O)[nH]c2=O)nc2cc(Cl)ccc21. The first kappa shape index (κ1) is 22.1. The van der Waals surface area contributed by atoms with Crippen LogP contribution in [0, 0.1) is 0 Å². The van der Waals surface area contributed by atoms with Gasteiger partial charge in [0.2, 0.25) is 0 Å². The summed E-state index contributed by atoms with van der Waals surface area (Å²) in [5, 5.41) is 1.22. The van der Waals surface area contributed by atoms with Crippen molar-refractivity contribution in [1.29, 1.82) is 0 Å². The number of fused-ring (bicyclic) bond motifs is 1. The number of Topliss-reactive ketones (excluding diaryl/α,β-unsaturated/α-hetero) is 1. The van der Waals surface area contributed by atoms with Gasteiger partial charge >= 0.3 is 5.69 Å². The van der Waals surface area contributed by atoms with Crippen LogP contribution in [0.4, 0.5) is 5.82 Å². The van der Waals surface area contributed by atoms with Crippen molar-refractivity contribution in [3.05, 3.63) is 49.6 Å². The number of imidazole rings is 1. The molecule has 0 unspecified atom stereocenters. The third-order valence-electron chi connectivity index (χ3n) is 4.49. The Morgan fingerprint density at radius 1 is 1.30 bits per heavy atom. The van der Waals surface area contributed by atoms with Gasteiger partial charge in [-0.25, -0.2) is 9.78 Å². The predicted octanol–water partition coefficient (Wildman–Crippen LogP) is 2.15. The normalized spacial score (nSPS) is 11.3. The maximum atomic E-state index is 12.8. The molecule has 0 bridgehead atoms. The van der Waals surface area contributed by atoms with Crippen LogP contribution in [0.5, 0.6) is 0 Å². The summed E-state index contributed by atoms with van der Waals surface area (Å²) in [7, 11) is 1.48. The Morgan fingerprint density at radius 3 is 2.77 bits per heavy atom. The van der Waals surface area contributed by atoms with Gasteiger partial charge in [0, 0.05) is 18.7 Å². The van der Waals surface area contributed by atoms with E-state index >= 15 is 0 Å². The molecule has 0 saturated heterocycles. The number of rotatable bonds is 9. The Bertz CT molecular complexity index is 1200. The van der Waals surface area contributed by atoms with E-state index in [0.29, 0.717) is 10.2 Å². The van der Waals surface area contributed by atoms with E-state index in [1.165, 1.54) is 18.9 Å². The van der Waals surface area contributed by atoms with Crippen LogP contribution in [-0.2, 0) is 17.8 Å². The van der Waals surface area contributed by atoms with Gasteiger partial charge in [-0.05, 0) is 24.6 Å². The fraction of sp³-hybridized carbons (Fsp3) is 0.368. The van der Waals surface area contributed by atoms with Crippen LogP contribution in [0.3, 0.4) is 0 Å². The number of nitrogen functional groups attached to an aromatic ring is 1. The van der Waals surface area contributed by atoms with Crippen molar-refractivity contribution in [1.82, 2.24) is 19.1 Å². The molecule has 1 aromatic carbocycles. The lowest BCUT2D eigenvalue weighted by Gasteiger charge is -2.11. The molecule has 2 aromatic heterocycles. The first-order valence-electron chi connectivity index (χ1n) is 9.30. The van der Waals surface area contributed by atoms with Gasteiger partial charge in [-0.3, -0.25) is 19.1 Å². The molecule has 0 aliphatic carbocycles. The van der Waals surface area contributed by atoms with E-state index in [1.54, 1.807) is 12.1 Å². The molecular formula is C19H22ClN5O4S. The van der Waals surface area contributed by atoms with Crippen molar-refractivity contribution in [2.24, 2.45) is 0 Å². The molecule has 0 spiro atoms. The number of nitrogens with one attached hydrogen (secondary N) is 1. The molecule has 160 valence electrons. The smallest absolute Gasteiger partial charge is 0.330 e. The zero-order valence-electron chi connectivity index (χ0n) is 16.6. The number of H-pyrrole nitrogens is 1. The van der Waals surface area contributed by atoms with E-state index in [2.05, 4.69) is 9.97 Å². The fourth-order valence-electron chi connectivity index (χ4n) is 3.09. The number of hydrogen-bond donors (Lipinski definition) is 2.